The fourth-order valence-electron chi connectivity index (χ4n) is 1.30. The number of methoxy groups -OCH3 is 2. The lowest BCUT2D eigenvalue weighted by Crippen LogP contribution is -2.29. The molecule has 1 aromatic rings. The van der Waals surface area contributed by atoms with Crippen LogP contribution in [-0.2, 0) is 9.53 Å². The standard InChI is InChI=1S/C11H13BrO5/c1-16-8-4-3-6(5-7(8)12)9(13)10(14)11(15)17-2/h3-5,9-10,13-14H,1-2H3. The van der Waals surface area contributed by atoms with E-state index in [4.69, 9.17) is 4.74 Å². The van der Waals surface area contributed by atoms with Crippen molar-refractivity contribution in [1.29, 1.82) is 0 Å². The molecule has 0 aliphatic rings. The van der Waals surface area contributed by atoms with Gasteiger partial charge >= 0.3 is 5.97 Å². The minimum absolute atomic E-state index is 0.385. The molecule has 2 N–H and O–H groups in total. The summed E-state index contributed by atoms with van der Waals surface area (Å²) in [4.78, 5) is 11.1. The lowest BCUT2D eigenvalue weighted by atomic mass is 10.0. The summed E-state index contributed by atoms with van der Waals surface area (Å²) in [5.74, 6) is -0.294. The summed E-state index contributed by atoms with van der Waals surface area (Å²) in [5, 5.41) is 19.3. The van der Waals surface area contributed by atoms with Gasteiger partial charge in [-0.1, -0.05) is 6.07 Å². The van der Waals surface area contributed by atoms with Crippen molar-refractivity contribution in [3.8, 4) is 5.75 Å². The monoisotopic (exact) mass is 304 g/mol. The zero-order valence-corrected chi connectivity index (χ0v) is 11.0. The molecule has 0 saturated carbocycles. The van der Waals surface area contributed by atoms with E-state index >= 15 is 0 Å². The highest BCUT2D eigenvalue weighted by Crippen LogP contribution is 2.29. The number of carbonyl (C=O) groups excluding carboxylic acids is 1. The van der Waals surface area contributed by atoms with Crippen LogP contribution in [0.1, 0.15) is 11.7 Å². The maximum atomic E-state index is 11.1. The second kappa shape index (κ2) is 6.00. The highest BCUT2D eigenvalue weighted by molar-refractivity contribution is 9.10. The predicted molar refractivity (Wildman–Crippen MR) is 63.7 cm³/mol. The SMILES string of the molecule is COC(=O)C(O)C(O)c1ccc(OC)c(Br)c1. The van der Waals surface area contributed by atoms with Crippen molar-refractivity contribution in [2.75, 3.05) is 14.2 Å². The topological polar surface area (TPSA) is 76.0 Å². The molecule has 0 aromatic heterocycles. The Morgan fingerprint density at radius 3 is 2.47 bits per heavy atom. The highest BCUT2D eigenvalue weighted by Gasteiger charge is 2.26. The zero-order chi connectivity index (χ0) is 13.0. The van der Waals surface area contributed by atoms with E-state index < -0.39 is 18.2 Å². The summed E-state index contributed by atoms with van der Waals surface area (Å²) in [6.07, 6.45) is -2.95. The van der Waals surface area contributed by atoms with Crippen molar-refractivity contribution >= 4 is 21.9 Å². The first kappa shape index (κ1) is 14.0. The van der Waals surface area contributed by atoms with E-state index in [1.165, 1.54) is 7.11 Å². The van der Waals surface area contributed by atoms with Gasteiger partial charge < -0.3 is 19.7 Å². The molecule has 2 atom stereocenters. The lowest BCUT2D eigenvalue weighted by molar-refractivity contribution is -0.156. The van der Waals surface area contributed by atoms with Crippen LogP contribution in [0.15, 0.2) is 22.7 Å². The third-order valence-corrected chi connectivity index (χ3v) is 2.88. The first-order chi connectivity index (χ1) is 8.01. The molecular formula is C11H13BrO5. The largest absolute Gasteiger partial charge is 0.496 e. The van der Waals surface area contributed by atoms with E-state index in [2.05, 4.69) is 20.7 Å². The number of aliphatic hydroxyl groups excluding tert-OH is 2. The van der Waals surface area contributed by atoms with Crippen molar-refractivity contribution in [1.82, 2.24) is 0 Å². The molecule has 6 heteroatoms. The molecular weight excluding hydrogens is 292 g/mol. The summed E-state index contributed by atoms with van der Waals surface area (Å²) in [5.41, 5.74) is 0.385. The summed E-state index contributed by atoms with van der Waals surface area (Å²) in [6, 6.07) is 4.74. The van der Waals surface area contributed by atoms with Crippen LogP contribution in [-0.4, -0.2) is 36.5 Å². The van der Waals surface area contributed by atoms with Crippen molar-refractivity contribution in [2.45, 2.75) is 12.2 Å². The number of carbonyl (C=O) groups is 1. The molecule has 0 amide bonds. The zero-order valence-electron chi connectivity index (χ0n) is 9.38. The van der Waals surface area contributed by atoms with Crippen LogP contribution in [0.3, 0.4) is 0 Å². The Balaban J connectivity index is 2.93. The summed E-state index contributed by atoms with van der Waals surface area (Å²) in [6.45, 7) is 0. The molecule has 0 fully saturated rings. The predicted octanol–water partition coefficient (Wildman–Crippen LogP) is 1.02. The molecule has 1 aromatic carbocycles. The van der Waals surface area contributed by atoms with Gasteiger partial charge in [-0.15, -0.1) is 0 Å². The number of ether oxygens (including phenoxy) is 2. The minimum atomic E-state index is -1.61. The van der Waals surface area contributed by atoms with Gasteiger partial charge in [0.1, 0.15) is 11.9 Å². The number of hydrogen-bond acceptors (Lipinski definition) is 5. The van der Waals surface area contributed by atoms with Crippen LogP contribution in [0.5, 0.6) is 5.75 Å². The molecule has 2 unspecified atom stereocenters. The quantitative estimate of drug-likeness (QED) is 0.813. The fraction of sp³-hybridized carbons (Fsp3) is 0.364. The summed E-state index contributed by atoms with van der Waals surface area (Å²) >= 11 is 3.24. The van der Waals surface area contributed by atoms with Gasteiger partial charge in [0, 0.05) is 0 Å². The molecule has 0 bridgehead atoms. The highest BCUT2D eigenvalue weighted by atomic mass is 79.9. The Bertz CT molecular complexity index is 407. The van der Waals surface area contributed by atoms with Gasteiger partial charge in [-0.25, -0.2) is 4.79 Å². The first-order valence-corrected chi connectivity index (χ1v) is 5.58. The van der Waals surface area contributed by atoms with Crippen molar-refractivity contribution in [3.05, 3.63) is 28.2 Å². The lowest BCUT2D eigenvalue weighted by Gasteiger charge is -2.16. The fourth-order valence-corrected chi connectivity index (χ4v) is 1.86. The van der Waals surface area contributed by atoms with Gasteiger partial charge in [0.15, 0.2) is 6.10 Å². The molecule has 0 aliphatic carbocycles. The molecule has 0 heterocycles. The summed E-state index contributed by atoms with van der Waals surface area (Å²) in [7, 11) is 2.65. The van der Waals surface area contributed by atoms with Crippen LogP contribution >= 0.6 is 15.9 Å². The van der Waals surface area contributed by atoms with Crippen LogP contribution in [0.4, 0.5) is 0 Å². The molecule has 0 spiro atoms. The second-order valence-electron chi connectivity index (χ2n) is 3.31. The average Bonchev–Trinajstić information content (AvgIpc) is 2.35. The first-order valence-electron chi connectivity index (χ1n) is 4.78. The van der Waals surface area contributed by atoms with E-state index in [1.807, 2.05) is 0 Å². The van der Waals surface area contributed by atoms with Gasteiger partial charge in [-0.2, -0.15) is 0 Å². The Morgan fingerprint density at radius 2 is 2.00 bits per heavy atom. The van der Waals surface area contributed by atoms with E-state index in [1.54, 1.807) is 18.2 Å². The van der Waals surface area contributed by atoms with Gasteiger partial charge in [0.05, 0.1) is 18.7 Å². The van der Waals surface area contributed by atoms with Gasteiger partial charge in [0.25, 0.3) is 0 Å². The molecule has 5 nitrogen and oxygen atoms in total. The number of halogens is 1. The maximum Gasteiger partial charge on any atom is 0.337 e. The molecule has 0 saturated heterocycles. The molecule has 0 aliphatic heterocycles. The van der Waals surface area contributed by atoms with E-state index in [0.29, 0.717) is 15.8 Å². The van der Waals surface area contributed by atoms with Gasteiger partial charge in [-0.05, 0) is 33.6 Å². The Morgan fingerprint density at radius 1 is 1.35 bits per heavy atom. The van der Waals surface area contributed by atoms with Crippen LogP contribution in [0.25, 0.3) is 0 Å². The van der Waals surface area contributed by atoms with E-state index in [0.717, 1.165) is 7.11 Å². The van der Waals surface area contributed by atoms with Crippen LogP contribution in [0, 0.1) is 0 Å². The number of benzene rings is 1. The average molecular weight is 305 g/mol. The summed E-state index contributed by atoms with van der Waals surface area (Å²) < 4.78 is 9.99. The number of hydrogen-bond donors (Lipinski definition) is 2. The molecule has 94 valence electrons. The molecule has 0 radical (unpaired) electrons. The van der Waals surface area contributed by atoms with Gasteiger partial charge in [-0.3, -0.25) is 0 Å². The second-order valence-corrected chi connectivity index (χ2v) is 4.16. The Labute approximate surface area is 107 Å². The van der Waals surface area contributed by atoms with Crippen LogP contribution in [0.2, 0.25) is 0 Å². The van der Waals surface area contributed by atoms with E-state index in [9.17, 15) is 15.0 Å². The molecule has 1 rings (SSSR count). The Hall–Kier alpha value is -1.11. The number of aliphatic hydroxyl groups is 2. The molecule has 17 heavy (non-hydrogen) atoms. The van der Waals surface area contributed by atoms with Crippen LogP contribution < -0.4 is 4.74 Å². The third kappa shape index (κ3) is 3.18. The van der Waals surface area contributed by atoms with Crippen molar-refractivity contribution in [3.63, 3.8) is 0 Å². The van der Waals surface area contributed by atoms with E-state index in [-0.39, 0.29) is 0 Å². The number of esters is 1. The third-order valence-electron chi connectivity index (χ3n) is 2.26. The minimum Gasteiger partial charge on any atom is -0.496 e. The maximum absolute atomic E-state index is 11.1. The smallest absolute Gasteiger partial charge is 0.337 e. The van der Waals surface area contributed by atoms with Crippen molar-refractivity contribution in [2.24, 2.45) is 0 Å². The normalized spacial score (nSPS) is 13.9. The van der Waals surface area contributed by atoms with Crippen molar-refractivity contribution < 1.29 is 24.5 Å². The Kier molecular flexibility index (Phi) is 4.92. The van der Waals surface area contributed by atoms with Gasteiger partial charge in [0.2, 0.25) is 0 Å². The number of rotatable bonds is 4.